The Labute approximate surface area is 103 Å². The molecular weight excluding hydrogens is 218 g/mol. The van der Waals surface area contributed by atoms with Gasteiger partial charge in [0, 0.05) is 16.2 Å². The third-order valence-corrected chi connectivity index (χ3v) is 3.95. The highest BCUT2D eigenvalue weighted by atomic mass is 32.2. The first-order chi connectivity index (χ1) is 7.39. The van der Waals surface area contributed by atoms with Crippen LogP contribution in [0.3, 0.4) is 0 Å². The van der Waals surface area contributed by atoms with Gasteiger partial charge >= 0.3 is 0 Å². The van der Waals surface area contributed by atoms with Crippen LogP contribution < -0.4 is 10.5 Å². The van der Waals surface area contributed by atoms with Crippen LogP contribution in [0.15, 0.2) is 17.0 Å². The van der Waals surface area contributed by atoms with Crippen LogP contribution in [-0.2, 0) is 0 Å². The van der Waals surface area contributed by atoms with Crippen LogP contribution in [-0.4, -0.2) is 18.4 Å². The van der Waals surface area contributed by atoms with E-state index in [9.17, 15) is 0 Å². The molecule has 1 rings (SSSR count). The molecule has 0 radical (unpaired) electrons. The number of nitrogens with two attached hydrogens (primary N) is 1. The van der Waals surface area contributed by atoms with Gasteiger partial charge in [0.15, 0.2) is 0 Å². The molecule has 0 saturated heterocycles. The maximum Gasteiger partial charge on any atom is 0.122 e. The second kappa shape index (κ2) is 5.11. The van der Waals surface area contributed by atoms with Crippen molar-refractivity contribution in [1.29, 1.82) is 0 Å². The lowest BCUT2D eigenvalue weighted by Gasteiger charge is -2.23. The van der Waals surface area contributed by atoms with Crippen molar-refractivity contribution in [3.63, 3.8) is 0 Å². The van der Waals surface area contributed by atoms with Crippen molar-refractivity contribution in [2.45, 2.75) is 37.3 Å². The fourth-order valence-electron chi connectivity index (χ4n) is 1.43. The highest BCUT2D eigenvalue weighted by Gasteiger charge is 2.19. The number of rotatable bonds is 4. The normalized spacial score (nSPS) is 11.6. The number of hydrogen-bond acceptors (Lipinski definition) is 3. The van der Waals surface area contributed by atoms with Crippen LogP contribution in [0.2, 0.25) is 0 Å². The van der Waals surface area contributed by atoms with Gasteiger partial charge in [-0.25, -0.2) is 0 Å². The van der Waals surface area contributed by atoms with E-state index in [0.29, 0.717) is 6.54 Å². The summed E-state index contributed by atoms with van der Waals surface area (Å²) in [6, 6.07) is 4.26. The van der Waals surface area contributed by atoms with E-state index in [1.54, 1.807) is 7.11 Å². The molecule has 2 N–H and O–H groups in total. The van der Waals surface area contributed by atoms with Crippen molar-refractivity contribution < 1.29 is 4.74 Å². The summed E-state index contributed by atoms with van der Waals surface area (Å²) < 4.78 is 5.38. The van der Waals surface area contributed by atoms with Gasteiger partial charge in [0.25, 0.3) is 0 Å². The Balaban J connectivity index is 3.02. The Hall–Kier alpha value is -0.670. The maximum atomic E-state index is 5.75. The molecule has 0 aliphatic rings. The summed E-state index contributed by atoms with van der Waals surface area (Å²) >= 11 is 1.83. The predicted molar refractivity (Wildman–Crippen MR) is 71.5 cm³/mol. The number of methoxy groups -OCH3 is 1. The maximum absolute atomic E-state index is 5.75. The molecular formula is C13H21NOS. The van der Waals surface area contributed by atoms with E-state index in [1.165, 1.54) is 16.0 Å². The summed E-state index contributed by atoms with van der Waals surface area (Å²) in [7, 11) is 1.71. The fraction of sp³-hybridized carbons (Fsp3) is 0.538. The van der Waals surface area contributed by atoms with E-state index in [0.717, 1.165) is 5.75 Å². The number of ether oxygens (including phenoxy) is 1. The molecule has 0 aliphatic heterocycles. The third kappa shape index (κ3) is 3.16. The SMILES string of the molecule is COc1cc(C)c(SC(C)(C)CN)cc1C. The van der Waals surface area contributed by atoms with E-state index in [-0.39, 0.29) is 4.75 Å². The van der Waals surface area contributed by atoms with Gasteiger partial charge < -0.3 is 10.5 Å². The average Bonchev–Trinajstić information content (AvgIpc) is 2.22. The van der Waals surface area contributed by atoms with Gasteiger partial charge in [0.2, 0.25) is 0 Å². The van der Waals surface area contributed by atoms with E-state index >= 15 is 0 Å². The number of thioether (sulfide) groups is 1. The molecule has 0 aromatic heterocycles. The zero-order valence-electron chi connectivity index (χ0n) is 10.8. The van der Waals surface area contributed by atoms with Crippen molar-refractivity contribution in [2.24, 2.45) is 5.73 Å². The Morgan fingerprint density at radius 3 is 2.38 bits per heavy atom. The first kappa shape index (κ1) is 13.4. The molecule has 0 atom stereocenters. The van der Waals surface area contributed by atoms with E-state index in [1.807, 2.05) is 11.8 Å². The molecule has 0 unspecified atom stereocenters. The van der Waals surface area contributed by atoms with Crippen LogP contribution in [0.25, 0.3) is 0 Å². The van der Waals surface area contributed by atoms with Gasteiger partial charge in [-0.2, -0.15) is 0 Å². The molecule has 1 aromatic carbocycles. The summed E-state index contributed by atoms with van der Waals surface area (Å²) in [5, 5.41) is 0. The summed E-state index contributed by atoms with van der Waals surface area (Å²) in [6.07, 6.45) is 0. The minimum Gasteiger partial charge on any atom is -0.496 e. The number of aryl methyl sites for hydroxylation is 2. The highest BCUT2D eigenvalue weighted by Crippen LogP contribution is 2.36. The van der Waals surface area contributed by atoms with Gasteiger partial charge in [-0.15, -0.1) is 11.8 Å². The summed E-state index contributed by atoms with van der Waals surface area (Å²) in [6.45, 7) is 9.17. The zero-order chi connectivity index (χ0) is 12.3. The lowest BCUT2D eigenvalue weighted by Crippen LogP contribution is -2.26. The third-order valence-electron chi connectivity index (χ3n) is 2.57. The van der Waals surface area contributed by atoms with Crippen molar-refractivity contribution in [2.75, 3.05) is 13.7 Å². The molecule has 16 heavy (non-hydrogen) atoms. The molecule has 3 heteroatoms. The van der Waals surface area contributed by atoms with Crippen LogP contribution in [0, 0.1) is 13.8 Å². The lowest BCUT2D eigenvalue weighted by molar-refractivity contribution is 0.411. The summed E-state index contributed by atoms with van der Waals surface area (Å²) in [5.74, 6) is 0.951. The average molecular weight is 239 g/mol. The molecule has 0 heterocycles. The predicted octanol–water partition coefficient (Wildman–Crippen LogP) is 3.14. The molecule has 0 amide bonds. The van der Waals surface area contributed by atoms with Crippen molar-refractivity contribution in [3.8, 4) is 5.75 Å². The summed E-state index contributed by atoms with van der Waals surface area (Å²) in [4.78, 5) is 1.29. The van der Waals surface area contributed by atoms with Gasteiger partial charge in [-0.3, -0.25) is 0 Å². The van der Waals surface area contributed by atoms with Crippen molar-refractivity contribution in [3.05, 3.63) is 23.3 Å². The van der Waals surface area contributed by atoms with Crippen LogP contribution >= 0.6 is 11.8 Å². The second-order valence-electron chi connectivity index (χ2n) is 4.65. The smallest absolute Gasteiger partial charge is 0.122 e. The zero-order valence-corrected chi connectivity index (χ0v) is 11.6. The quantitative estimate of drug-likeness (QED) is 0.820. The molecule has 0 bridgehead atoms. The van der Waals surface area contributed by atoms with Crippen molar-refractivity contribution >= 4 is 11.8 Å². The Morgan fingerprint density at radius 2 is 1.88 bits per heavy atom. The molecule has 0 spiro atoms. The first-order valence-corrected chi connectivity index (χ1v) is 6.25. The monoisotopic (exact) mass is 239 g/mol. The van der Waals surface area contributed by atoms with Gasteiger partial charge in [-0.05, 0) is 51.0 Å². The van der Waals surface area contributed by atoms with Crippen molar-refractivity contribution in [1.82, 2.24) is 0 Å². The molecule has 2 nitrogen and oxygen atoms in total. The van der Waals surface area contributed by atoms with E-state index in [4.69, 9.17) is 10.5 Å². The van der Waals surface area contributed by atoms with E-state index in [2.05, 4.69) is 39.8 Å². The fourth-order valence-corrected chi connectivity index (χ4v) is 2.57. The largest absolute Gasteiger partial charge is 0.496 e. The van der Waals surface area contributed by atoms with Gasteiger partial charge in [0.05, 0.1) is 7.11 Å². The van der Waals surface area contributed by atoms with Crippen LogP contribution in [0.4, 0.5) is 0 Å². The molecule has 0 saturated carbocycles. The first-order valence-electron chi connectivity index (χ1n) is 5.44. The highest BCUT2D eigenvalue weighted by molar-refractivity contribution is 8.00. The Bertz CT molecular complexity index is 374. The Kier molecular flexibility index (Phi) is 4.28. The second-order valence-corrected chi connectivity index (χ2v) is 6.40. The number of benzene rings is 1. The lowest BCUT2D eigenvalue weighted by atomic mass is 10.1. The molecule has 0 fully saturated rings. The minimum atomic E-state index is 0.0752. The van der Waals surface area contributed by atoms with E-state index < -0.39 is 0 Å². The molecule has 90 valence electrons. The van der Waals surface area contributed by atoms with Gasteiger partial charge in [-0.1, -0.05) is 0 Å². The minimum absolute atomic E-state index is 0.0752. The van der Waals surface area contributed by atoms with Crippen LogP contribution in [0.5, 0.6) is 5.75 Å². The summed E-state index contributed by atoms with van der Waals surface area (Å²) in [5.41, 5.74) is 8.17. The van der Waals surface area contributed by atoms with Crippen LogP contribution in [0.1, 0.15) is 25.0 Å². The molecule has 0 aliphatic carbocycles. The number of hydrogen-bond donors (Lipinski definition) is 1. The van der Waals surface area contributed by atoms with Gasteiger partial charge in [0.1, 0.15) is 5.75 Å². The topological polar surface area (TPSA) is 35.2 Å². The molecule has 1 aromatic rings. The standard InChI is InChI=1S/C13H21NOS/c1-9-7-12(16-13(3,4)8-14)10(2)6-11(9)15-5/h6-7H,8,14H2,1-5H3. The Morgan fingerprint density at radius 1 is 1.25 bits per heavy atom.